The summed E-state index contributed by atoms with van der Waals surface area (Å²) in [6.45, 7) is 2.26. The van der Waals surface area contributed by atoms with Crippen molar-refractivity contribution in [3.05, 3.63) is 0 Å². The zero-order chi connectivity index (χ0) is 14.3. The van der Waals surface area contributed by atoms with Crippen LogP contribution in [0.15, 0.2) is 0 Å². The van der Waals surface area contributed by atoms with Gasteiger partial charge in [-0.3, -0.25) is 0 Å². The minimum absolute atomic E-state index is 0.0545. The van der Waals surface area contributed by atoms with Gasteiger partial charge in [-0.05, 0) is 43.9 Å². The summed E-state index contributed by atoms with van der Waals surface area (Å²) in [5, 5.41) is 9.64. The number of nitrogens with zero attached hydrogens (tertiary/aromatic N) is 1. The van der Waals surface area contributed by atoms with Crippen molar-refractivity contribution in [1.82, 2.24) is 0 Å². The Kier molecular flexibility index (Phi) is 6.40. The normalized spacial score (nSPS) is 31.9. The van der Waals surface area contributed by atoms with Crippen LogP contribution in [0.1, 0.15) is 96.8 Å². The fourth-order valence-electron chi connectivity index (χ4n) is 4.58. The standard InChI is InChI=1S/C19H33N/c1-2-3-4-8-13-19(16-20)14-11-18(12-15-19)17-9-6-5-7-10-17/h17-18H,2-15H2,1H3. The van der Waals surface area contributed by atoms with Crippen molar-refractivity contribution in [1.29, 1.82) is 5.26 Å². The van der Waals surface area contributed by atoms with Crippen molar-refractivity contribution >= 4 is 0 Å². The van der Waals surface area contributed by atoms with E-state index in [1.165, 1.54) is 89.9 Å². The van der Waals surface area contributed by atoms with E-state index in [1.807, 2.05) is 0 Å². The highest BCUT2D eigenvalue weighted by Gasteiger charge is 2.37. The van der Waals surface area contributed by atoms with Gasteiger partial charge in [0.2, 0.25) is 0 Å². The molecule has 0 saturated heterocycles. The van der Waals surface area contributed by atoms with Gasteiger partial charge in [-0.25, -0.2) is 0 Å². The summed E-state index contributed by atoms with van der Waals surface area (Å²) in [4.78, 5) is 0. The molecule has 0 amide bonds. The van der Waals surface area contributed by atoms with Gasteiger partial charge in [-0.15, -0.1) is 0 Å². The molecule has 0 bridgehead atoms. The summed E-state index contributed by atoms with van der Waals surface area (Å²) in [6, 6.07) is 2.72. The Bertz CT molecular complexity index is 300. The molecule has 114 valence electrons. The van der Waals surface area contributed by atoms with Crippen molar-refractivity contribution in [3.63, 3.8) is 0 Å². The molecule has 2 aliphatic carbocycles. The highest BCUT2D eigenvalue weighted by atomic mass is 14.4. The number of rotatable bonds is 6. The van der Waals surface area contributed by atoms with Crippen LogP contribution in [0, 0.1) is 28.6 Å². The van der Waals surface area contributed by atoms with Gasteiger partial charge in [-0.2, -0.15) is 5.26 Å². The van der Waals surface area contributed by atoms with Gasteiger partial charge in [0.05, 0.1) is 11.5 Å². The van der Waals surface area contributed by atoms with E-state index in [1.54, 1.807) is 0 Å². The van der Waals surface area contributed by atoms with Crippen LogP contribution in [0.25, 0.3) is 0 Å². The minimum atomic E-state index is 0.0545. The van der Waals surface area contributed by atoms with Gasteiger partial charge in [0.1, 0.15) is 0 Å². The van der Waals surface area contributed by atoms with Crippen molar-refractivity contribution < 1.29 is 0 Å². The van der Waals surface area contributed by atoms with E-state index in [4.69, 9.17) is 0 Å². The molecule has 20 heavy (non-hydrogen) atoms. The summed E-state index contributed by atoms with van der Waals surface area (Å²) in [5.41, 5.74) is 0.0545. The van der Waals surface area contributed by atoms with E-state index in [-0.39, 0.29) is 5.41 Å². The summed E-state index contributed by atoms with van der Waals surface area (Å²) in [7, 11) is 0. The molecule has 0 atom stereocenters. The summed E-state index contributed by atoms with van der Waals surface area (Å²) < 4.78 is 0. The maximum absolute atomic E-state index is 9.64. The Morgan fingerprint density at radius 3 is 2.15 bits per heavy atom. The maximum atomic E-state index is 9.64. The van der Waals surface area contributed by atoms with Gasteiger partial charge in [0.15, 0.2) is 0 Å². The number of nitriles is 1. The molecule has 1 nitrogen and oxygen atoms in total. The highest BCUT2D eigenvalue weighted by Crippen LogP contribution is 2.46. The molecule has 1 heteroatoms. The monoisotopic (exact) mass is 275 g/mol. The summed E-state index contributed by atoms with van der Waals surface area (Å²) >= 11 is 0. The lowest BCUT2D eigenvalue weighted by Crippen LogP contribution is -2.30. The third kappa shape index (κ3) is 4.24. The largest absolute Gasteiger partial charge is 0.198 e. The van der Waals surface area contributed by atoms with E-state index < -0.39 is 0 Å². The first-order valence-electron chi connectivity index (χ1n) is 9.21. The average Bonchev–Trinajstić information content (AvgIpc) is 2.53. The molecule has 0 N–H and O–H groups in total. The summed E-state index contributed by atoms with van der Waals surface area (Å²) in [6.07, 6.45) is 18.8. The molecular formula is C19H33N. The molecule has 0 aromatic rings. The first-order valence-corrected chi connectivity index (χ1v) is 9.21. The molecule has 2 fully saturated rings. The molecular weight excluding hydrogens is 242 g/mol. The smallest absolute Gasteiger partial charge is 0.0689 e. The second kappa shape index (κ2) is 8.06. The second-order valence-electron chi connectivity index (χ2n) is 7.44. The molecule has 2 aliphatic rings. The highest BCUT2D eigenvalue weighted by molar-refractivity contribution is 5.02. The van der Waals surface area contributed by atoms with Crippen LogP contribution in [0.5, 0.6) is 0 Å². The first kappa shape index (κ1) is 15.9. The molecule has 0 aliphatic heterocycles. The van der Waals surface area contributed by atoms with Gasteiger partial charge < -0.3 is 0 Å². The Morgan fingerprint density at radius 1 is 0.900 bits per heavy atom. The fourth-order valence-corrected chi connectivity index (χ4v) is 4.58. The minimum Gasteiger partial charge on any atom is -0.198 e. The van der Waals surface area contributed by atoms with Crippen LogP contribution in [-0.4, -0.2) is 0 Å². The third-order valence-corrected chi connectivity index (χ3v) is 6.05. The molecule has 0 radical (unpaired) electrons. The van der Waals surface area contributed by atoms with Gasteiger partial charge >= 0.3 is 0 Å². The lowest BCUT2D eigenvalue weighted by atomic mass is 9.64. The van der Waals surface area contributed by atoms with Gasteiger partial charge in [0, 0.05) is 0 Å². The lowest BCUT2D eigenvalue weighted by molar-refractivity contribution is 0.129. The fraction of sp³-hybridized carbons (Fsp3) is 0.947. The Balaban J connectivity index is 1.76. The van der Waals surface area contributed by atoms with Crippen LogP contribution in [0.2, 0.25) is 0 Å². The molecule has 0 unspecified atom stereocenters. The van der Waals surface area contributed by atoms with E-state index in [2.05, 4.69) is 13.0 Å². The zero-order valence-corrected chi connectivity index (χ0v) is 13.5. The van der Waals surface area contributed by atoms with Crippen molar-refractivity contribution in [2.75, 3.05) is 0 Å². The predicted octanol–water partition coefficient (Wildman–Crippen LogP) is 6.24. The Labute approximate surface area is 126 Å². The Morgan fingerprint density at radius 2 is 1.55 bits per heavy atom. The third-order valence-electron chi connectivity index (χ3n) is 6.05. The number of hydrogen-bond acceptors (Lipinski definition) is 1. The van der Waals surface area contributed by atoms with Gasteiger partial charge in [0.25, 0.3) is 0 Å². The predicted molar refractivity (Wildman–Crippen MR) is 85.3 cm³/mol. The van der Waals surface area contributed by atoms with Crippen molar-refractivity contribution in [2.45, 2.75) is 96.8 Å². The zero-order valence-electron chi connectivity index (χ0n) is 13.5. The first-order chi connectivity index (χ1) is 9.79. The summed E-state index contributed by atoms with van der Waals surface area (Å²) in [5.74, 6) is 1.95. The molecule has 0 heterocycles. The molecule has 2 saturated carbocycles. The van der Waals surface area contributed by atoms with Crippen LogP contribution < -0.4 is 0 Å². The lowest BCUT2D eigenvalue weighted by Gasteiger charge is -2.39. The van der Waals surface area contributed by atoms with E-state index >= 15 is 0 Å². The molecule has 0 aromatic carbocycles. The molecule has 0 aromatic heterocycles. The average molecular weight is 275 g/mol. The number of hydrogen-bond donors (Lipinski definition) is 0. The topological polar surface area (TPSA) is 23.8 Å². The van der Waals surface area contributed by atoms with Crippen LogP contribution in [-0.2, 0) is 0 Å². The molecule has 2 rings (SSSR count). The van der Waals surface area contributed by atoms with E-state index in [0.29, 0.717) is 0 Å². The van der Waals surface area contributed by atoms with Crippen molar-refractivity contribution in [2.24, 2.45) is 17.3 Å². The van der Waals surface area contributed by atoms with Crippen LogP contribution in [0.4, 0.5) is 0 Å². The Hall–Kier alpha value is -0.510. The van der Waals surface area contributed by atoms with Crippen LogP contribution in [0.3, 0.4) is 0 Å². The van der Waals surface area contributed by atoms with Crippen molar-refractivity contribution in [3.8, 4) is 6.07 Å². The molecule has 0 spiro atoms. The van der Waals surface area contributed by atoms with E-state index in [9.17, 15) is 5.26 Å². The van der Waals surface area contributed by atoms with Crippen LogP contribution >= 0.6 is 0 Å². The van der Waals surface area contributed by atoms with E-state index in [0.717, 1.165) is 11.8 Å². The quantitative estimate of drug-likeness (QED) is 0.526. The second-order valence-corrected chi connectivity index (χ2v) is 7.44. The maximum Gasteiger partial charge on any atom is 0.0689 e. The SMILES string of the molecule is CCCCCCC1(C#N)CCC(C2CCCCC2)CC1. The number of unbranched alkanes of at least 4 members (excludes halogenated alkanes) is 3. The van der Waals surface area contributed by atoms with Gasteiger partial charge in [-0.1, -0.05) is 64.7 Å².